The minimum Gasteiger partial charge on any atom is -0.506 e. The van der Waals surface area contributed by atoms with Gasteiger partial charge in [0.15, 0.2) is 0 Å². The molecule has 2 rings (SSSR count). The number of piperazine rings is 1. The first-order chi connectivity index (χ1) is 8.09. The highest BCUT2D eigenvalue weighted by Crippen LogP contribution is 2.36. The van der Waals surface area contributed by atoms with Crippen molar-refractivity contribution in [1.82, 2.24) is 10.2 Å². The van der Waals surface area contributed by atoms with Gasteiger partial charge in [0.1, 0.15) is 5.75 Å². The van der Waals surface area contributed by atoms with Crippen LogP contribution in [0.4, 0.5) is 0 Å². The number of nitrogens with one attached hydrogen (secondary N) is 1. The Bertz CT molecular complexity index is 406. The summed E-state index contributed by atoms with van der Waals surface area (Å²) in [7, 11) is 0. The number of benzene rings is 1. The van der Waals surface area contributed by atoms with E-state index in [0.29, 0.717) is 10.0 Å². The zero-order valence-electron chi connectivity index (χ0n) is 9.71. The molecular formula is C12H16Cl2N2O. The van der Waals surface area contributed by atoms with Gasteiger partial charge in [-0.05, 0) is 19.1 Å². The molecule has 17 heavy (non-hydrogen) atoms. The van der Waals surface area contributed by atoms with Crippen LogP contribution >= 0.6 is 23.2 Å². The zero-order chi connectivity index (χ0) is 12.4. The van der Waals surface area contributed by atoms with E-state index in [1.165, 1.54) is 0 Å². The van der Waals surface area contributed by atoms with E-state index < -0.39 is 0 Å². The van der Waals surface area contributed by atoms with Crippen LogP contribution < -0.4 is 5.32 Å². The van der Waals surface area contributed by atoms with Crippen molar-refractivity contribution in [2.75, 3.05) is 26.2 Å². The van der Waals surface area contributed by atoms with E-state index in [9.17, 15) is 5.11 Å². The van der Waals surface area contributed by atoms with Crippen molar-refractivity contribution < 1.29 is 5.11 Å². The third kappa shape index (κ3) is 2.86. The lowest BCUT2D eigenvalue weighted by atomic mass is 10.0. The highest BCUT2D eigenvalue weighted by molar-refractivity contribution is 6.35. The second-order valence-corrected chi connectivity index (χ2v) is 5.13. The second kappa shape index (κ2) is 5.44. The lowest BCUT2D eigenvalue weighted by Gasteiger charge is -2.33. The molecule has 5 heteroatoms. The Morgan fingerprint density at radius 2 is 1.94 bits per heavy atom. The van der Waals surface area contributed by atoms with Crippen molar-refractivity contribution in [2.24, 2.45) is 0 Å². The van der Waals surface area contributed by atoms with Gasteiger partial charge in [0.25, 0.3) is 0 Å². The van der Waals surface area contributed by atoms with Gasteiger partial charge in [0, 0.05) is 42.8 Å². The minimum absolute atomic E-state index is 0.119. The van der Waals surface area contributed by atoms with Crippen molar-refractivity contribution in [2.45, 2.75) is 13.0 Å². The van der Waals surface area contributed by atoms with Crippen molar-refractivity contribution >= 4 is 23.2 Å². The highest BCUT2D eigenvalue weighted by atomic mass is 35.5. The lowest BCUT2D eigenvalue weighted by molar-refractivity contribution is 0.183. The predicted molar refractivity (Wildman–Crippen MR) is 71.0 cm³/mol. The molecule has 0 bridgehead atoms. The number of aromatic hydroxyl groups is 1. The number of phenols is 1. The van der Waals surface area contributed by atoms with E-state index in [4.69, 9.17) is 23.2 Å². The second-order valence-electron chi connectivity index (χ2n) is 4.29. The molecule has 94 valence electrons. The van der Waals surface area contributed by atoms with Gasteiger partial charge < -0.3 is 10.4 Å². The molecule has 0 aromatic heterocycles. The van der Waals surface area contributed by atoms with Gasteiger partial charge in [-0.15, -0.1) is 0 Å². The number of nitrogens with zero attached hydrogens (tertiary/aromatic N) is 1. The summed E-state index contributed by atoms with van der Waals surface area (Å²) in [6, 6.07) is 3.47. The van der Waals surface area contributed by atoms with Crippen LogP contribution in [0.2, 0.25) is 10.0 Å². The molecule has 0 unspecified atom stereocenters. The van der Waals surface area contributed by atoms with Crippen LogP contribution in [0.25, 0.3) is 0 Å². The third-order valence-electron chi connectivity index (χ3n) is 3.21. The average molecular weight is 275 g/mol. The quantitative estimate of drug-likeness (QED) is 0.871. The van der Waals surface area contributed by atoms with E-state index in [1.54, 1.807) is 12.1 Å². The Balaban J connectivity index is 2.26. The van der Waals surface area contributed by atoms with Gasteiger partial charge in [-0.3, -0.25) is 4.90 Å². The number of hydrogen-bond acceptors (Lipinski definition) is 3. The molecule has 0 amide bonds. The number of hydrogen-bond donors (Lipinski definition) is 2. The van der Waals surface area contributed by atoms with Gasteiger partial charge in [-0.2, -0.15) is 0 Å². The number of halogens is 2. The van der Waals surface area contributed by atoms with E-state index in [1.807, 2.05) is 0 Å². The summed E-state index contributed by atoms with van der Waals surface area (Å²) in [6.07, 6.45) is 0. The Labute approximate surface area is 111 Å². The Morgan fingerprint density at radius 1 is 1.29 bits per heavy atom. The van der Waals surface area contributed by atoms with Crippen LogP contribution in [-0.2, 0) is 0 Å². The first-order valence-corrected chi connectivity index (χ1v) is 6.48. The van der Waals surface area contributed by atoms with Crippen molar-refractivity contribution in [3.63, 3.8) is 0 Å². The molecule has 0 aliphatic carbocycles. The predicted octanol–water partition coefficient (Wildman–Crippen LogP) is 2.67. The van der Waals surface area contributed by atoms with Crippen molar-refractivity contribution in [1.29, 1.82) is 0 Å². The topological polar surface area (TPSA) is 35.5 Å². The van der Waals surface area contributed by atoms with Crippen LogP contribution in [0.1, 0.15) is 18.5 Å². The van der Waals surface area contributed by atoms with E-state index in [-0.39, 0.29) is 11.8 Å². The fraction of sp³-hybridized carbons (Fsp3) is 0.500. The number of rotatable bonds is 2. The molecule has 0 saturated carbocycles. The molecule has 1 aromatic carbocycles. The molecule has 1 aliphatic heterocycles. The van der Waals surface area contributed by atoms with Crippen LogP contribution in [-0.4, -0.2) is 36.2 Å². The molecule has 1 fully saturated rings. The summed E-state index contributed by atoms with van der Waals surface area (Å²) in [5, 5.41) is 14.2. The van der Waals surface area contributed by atoms with Gasteiger partial charge in [0.05, 0.1) is 5.02 Å². The maximum Gasteiger partial charge on any atom is 0.139 e. The molecular weight excluding hydrogens is 259 g/mol. The molecule has 0 radical (unpaired) electrons. The van der Waals surface area contributed by atoms with Gasteiger partial charge in [-0.1, -0.05) is 23.2 Å². The van der Waals surface area contributed by atoms with Crippen LogP contribution in [0.15, 0.2) is 12.1 Å². The highest BCUT2D eigenvalue weighted by Gasteiger charge is 2.21. The van der Waals surface area contributed by atoms with E-state index in [2.05, 4.69) is 17.1 Å². The van der Waals surface area contributed by atoms with Gasteiger partial charge >= 0.3 is 0 Å². The molecule has 1 heterocycles. The lowest BCUT2D eigenvalue weighted by Crippen LogP contribution is -2.44. The maximum absolute atomic E-state index is 9.99. The molecule has 1 aliphatic rings. The Kier molecular flexibility index (Phi) is 4.15. The zero-order valence-corrected chi connectivity index (χ0v) is 11.2. The van der Waals surface area contributed by atoms with Crippen molar-refractivity contribution in [3.8, 4) is 5.75 Å². The SMILES string of the molecule is C[C@@H](c1cc(Cl)cc(Cl)c1O)N1CCNCC1. The molecule has 1 atom stereocenters. The normalized spacial score (nSPS) is 19.2. The fourth-order valence-electron chi connectivity index (χ4n) is 2.17. The van der Waals surface area contributed by atoms with Crippen LogP contribution in [0.5, 0.6) is 5.75 Å². The summed E-state index contributed by atoms with van der Waals surface area (Å²) < 4.78 is 0. The van der Waals surface area contributed by atoms with Crippen LogP contribution in [0, 0.1) is 0 Å². The smallest absolute Gasteiger partial charge is 0.139 e. The summed E-state index contributed by atoms with van der Waals surface area (Å²) in [5.41, 5.74) is 0.796. The first kappa shape index (κ1) is 13.0. The van der Waals surface area contributed by atoms with Gasteiger partial charge in [-0.25, -0.2) is 0 Å². The summed E-state index contributed by atoms with van der Waals surface area (Å²) in [4.78, 5) is 2.30. The van der Waals surface area contributed by atoms with Crippen molar-refractivity contribution in [3.05, 3.63) is 27.7 Å². The molecule has 3 nitrogen and oxygen atoms in total. The number of phenolic OH excluding ortho intramolecular Hbond substituents is 1. The Morgan fingerprint density at radius 3 is 2.59 bits per heavy atom. The third-order valence-corrected chi connectivity index (χ3v) is 3.71. The summed E-state index contributed by atoms with van der Waals surface area (Å²) >= 11 is 11.9. The summed E-state index contributed by atoms with van der Waals surface area (Å²) in [6.45, 7) is 5.93. The standard InChI is InChI=1S/C12H16Cl2N2O/c1-8(16-4-2-15-3-5-16)10-6-9(13)7-11(14)12(10)17/h6-8,15,17H,2-5H2,1H3/t8-/m0/s1. The van der Waals surface area contributed by atoms with E-state index in [0.717, 1.165) is 31.7 Å². The largest absolute Gasteiger partial charge is 0.506 e. The maximum atomic E-state index is 9.99. The summed E-state index contributed by atoms with van der Waals surface area (Å²) in [5.74, 6) is 0.141. The molecule has 1 saturated heterocycles. The molecule has 1 aromatic rings. The average Bonchev–Trinajstić information content (AvgIpc) is 2.34. The fourth-order valence-corrected chi connectivity index (χ4v) is 2.68. The van der Waals surface area contributed by atoms with Gasteiger partial charge in [0.2, 0.25) is 0 Å². The van der Waals surface area contributed by atoms with E-state index >= 15 is 0 Å². The monoisotopic (exact) mass is 274 g/mol. The molecule has 0 spiro atoms. The first-order valence-electron chi connectivity index (χ1n) is 5.72. The Hall–Kier alpha value is -0.480. The minimum atomic E-state index is 0.119. The molecule has 2 N–H and O–H groups in total. The van der Waals surface area contributed by atoms with Crippen LogP contribution in [0.3, 0.4) is 0 Å².